The normalized spacial score (nSPS) is 15.8. The number of nitrogens with zero attached hydrogens (tertiary/aromatic N) is 3. The van der Waals surface area contributed by atoms with Gasteiger partial charge in [-0.3, -0.25) is 53.1 Å². The molecule has 0 bridgehead atoms. The molecular formula is C60H85N17O12S. The van der Waals surface area contributed by atoms with Gasteiger partial charge in [-0.15, -0.1) is 0 Å². The number of phenols is 1. The van der Waals surface area contributed by atoms with Crippen molar-refractivity contribution < 1.29 is 58.2 Å². The van der Waals surface area contributed by atoms with Gasteiger partial charge < -0.3 is 91.7 Å². The molecule has 1 saturated heterocycles. The Balaban J connectivity index is 1.37. The number of amides is 9. The summed E-state index contributed by atoms with van der Waals surface area (Å²) >= 11 is 4.37. The third kappa shape index (κ3) is 22.3. The molecule has 5 rings (SSSR count). The highest BCUT2D eigenvalue weighted by molar-refractivity contribution is 7.80. The number of guanidine groups is 2. The molecule has 4 aromatic rings. The van der Waals surface area contributed by atoms with E-state index in [0.29, 0.717) is 46.9 Å². The van der Waals surface area contributed by atoms with Crippen LogP contribution in [0.5, 0.6) is 5.75 Å². The molecule has 29 nitrogen and oxygen atoms in total. The molecule has 90 heavy (non-hydrogen) atoms. The van der Waals surface area contributed by atoms with Crippen LogP contribution < -0.4 is 71.6 Å². The minimum atomic E-state index is -1.57. The van der Waals surface area contributed by atoms with E-state index in [1.165, 1.54) is 17.0 Å². The minimum Gasteiger partial charge on any atom is -0.508 e. The van der Waals surface area contributed by atoms with E-state index in [2.05, 4.69) is 64.8 Å². The van der Waals surface area contributed by atoms with Crippen molar-refractivity contribution in [3.63, 3.8) is 0 Å². The molecule has 0 unspecified atom stereocenters. The maximum absolute atomic E-state index is 14.9. The minimum absolute atomic E-state index is 0.0235. The molecule has 30 heteroatoms. The molecule has 9 amide bonds. The maximum Gasteiger partial charge on any atom is 0.326 e. The zero-order chi connectivity index (χ0) is 66.0. The molecule has 0 saturated carbocycles. The predicted octanol–water partition coefficient (Wildman–Crippen LogP) is -1.95. The number of nitrogens with one attached hydrogen (secondary N) is 8. The number of hydrogen-bond acceptors (Lipinski definition) is 15. The number of likely N-dealkylation sites (tertiary alicyclic amines) is 1. The Morgan fingerprint density at radius 1 is 0.633 bits per heavy atom. The van der Waals surface area contributed by atoms with E-state index in [9.17, 15) is 58.2 Å². The molecule has 3 aromatic carbocycles. The highest BCUT2D eigenvalue weighted by atomic mass is 32.1. The van der Waals surface area contributed by atoms with Crippen LogP contribution in [-0.2, 0) is 67.2 Å². The second-order valence-corrected chi connectivity index (χ2v) is 22.4. The van der Waals surface area contributed by atoms with Crippen molar-refractivity contribution in [2.45, 2.75) is 145 Å². The lowest BCUT2D eigenvalue weighted by molar-refractivity contribution is -0.143. The zero-order valence-electron chi connectivity index (χ0n) is 50.4. The fraction of sp³-hybridized carbons (Fsp3) is 0.467. The van der Waals surface area contributed by atoms with Crippen LogP contribution in [0.4, 0.5) is 0 Å². The fourth-order valence-corrected chi connectivity index (χ4v) is 10.3. The molecule has 488 valence electrons. The number of carbonyl (C=O) groups is 10. The van der Waals surface area contributed by atoms with E-state index < -0.39 is 126 Å². The molecule has 0 radical (unpaired) electrons. The van der Waals surface area contributed by atoms with E-state index in [4.69, 9.17) is 34.4 Å². The lowest BCUT2D eigenvalue weighted by atomic mass is 9.96. The quantitative estimate of drug-likeness (QED) is 0.0102. The first-order valence-electron chi connectivity index (χ1n) is 29.7. The number of carboxylic acids is 1. The molecule has 0 aliphatic carbocycles. The third-order valence-corrected chi connectivity index (χ3v) is 15.6. The number of nitrogens with two attached hydrogens (primary N) is 6. The van der Waals surface area contributed by atoms with E-state index in [1.54, 1.807) is 86.8 Å². The van der Waals surface area contributed by atoms with Crippen LogP contribution in [-0.4, -0.2) is 171 Å². The average Bonchev–Trinajstić information content (AvgIpc) is 1.93. The number of para-hydroxylation sites is 1. The Morgan fingerprint density at radius 3 is 1.76 bits per heavy atom. The first-order valence-corrected chi connectivity index (χ1v) is 30.3. The lowest BCUT2D eigenvalue weighted by Crippen LogP contribution is -2.61. The molecule has 2 heterocycles. The number of aliphatic carboxylic acids is 1. The van der Waals surface area contributed by atoms with Gasteiger partial charge in [0.1, 0.15) is 54.1 Å². The molecule has 1 aliphatic rings. The Morgan fingerprint density at radius 2 is 1.16 bits per heavy atom. The van der Waals surface area contributed by atoms with Gasteiger partial charge in [0.05, 0.1) is 6.04 Å². The summed E-state index contributed by atoms with van der Waals surface area (Å²) in [6.45, 7) is 3.81. The van der Waals surface area contributed by atoms with Crippen LogP contribution in [0.1, 0.15) is 88.3 Å². The smallest absolute Gasteiger partial charge is 0.326 e. The van der Waals surface area contributed by atoms with Gasteiger partial charge in [-0.1, -0.05) is 80.9 Å². The van der Waals surface area contributed by atoms with Gasteiger partial charge >= 0.3 is 5.97 Å². The van der Waals surface area contributed by atoms with Gasteiger partial charge in [0, 0.05) is 68.2 Å². The molecule has 10 atom stereocenters. The number of aromatic nitrogens is 1. The third-order valence-electron chi connectivity index (χ3n) is 15.3. The van der Waals surface area contributed by atoms with Crippen LogP contribution in [0.15, 0.2) is 95.0 Å². The number of primary amides is 1. The Bertz CT molecular complexity index is 3180. The monoisotopic (exact) mass is 1270 g/mol. The fourth-order valence-electron chi connectivity index (χ4n) is 10.1. The van der Waals surface area contributed by atoms with E-state index >= 15 is 0 Å². The Kier molecular flexibility index (Phi) is 28.1. The van der Waals surface area contributed by atoms with Crippen LogP contribution in [0, 0.1) is 5.92 Å². The highest BCUT2D eigenvalue weighted by Crippen LogP contribution is 2.24. The van der Waals surface area contributed by atoms with Gasteiger partial charge in [-0.05, 0) is 85.8 Å². The number of aliphatic imine (C=N–C) groups is 2. The number of rotatable bonds is 36. The number of H-pyrrole nitrogens is 1. The molecule has 22 N–H and O–H groups in total. The van der Waals surface area contributed by atoms with Gasteiger partial charge in [-0.25, -0.2) is 4.79 Å². The number of aromatic hydroxyl groups is 1. The van der Waals surface area contributed by atoms with Crippen LogP contribution in [0.2, 0.25) is 0 Å². The van der Waals surface area contributed by atoms with Crippen molar-refractivity contribution in [3.05, 3.63) is 102 Å². The maximum atomic E-state index is 14.9. The number of aromatic amines is 1. The highest BCUT2D eigenvalue weighted by Gasteiger charge is 2.42. The first kappa shape index (κ1) is 71.3. The summed E-state index contributed by atoms with van der Waals surface area (Å²) in [7, 11) is 0. The first-order chi connectivity index (χ1) is 42.9. The second-order valence-electron chi connectivity index (χ2n) is 22.1. The number of carboxylic acid groups (broad SMARTS) is 1. The van der Waals surface area contributed by atoms with Crippen LogP contribution in [0.3, 0.4) is 0 Å². The second kappa shape index (κ2) is 35.5. The number of benzene rings is 3. The predicted molar refractivity (Wildman–Crippen MR) is 339 cm³/mol. The van der Waals surface area contributed by atoms with Gasteiger partial charge in [0.2, 0.25) is 53.2 Å². The zero-order valence-corrected chi connectivity index (χ0v) is 51.3. The summed E-state index contributed by atoms with van der Waals surface area (Å²) in [6.07, 6.45) is 1.85. The van der Waals surface area contributed by atoms with Crippen molar-refractivity contribution in [2.24, 2.45) is 50.3 Å². The number of carbonyl (C=O) groups excluding carboxylic acids is 9. The Hall–Kier alpha value is -9.45. The van der Waals surface area contributed by atoms with Gasteiger partial charge in [-0.2, -0.15) is 12.6 Å². The van der Waals surface area contributed by atoms with Crippen molar-refractivity contribution in [1.82, 2.24) is 47.1 Å². The summed E-state index contributed by atoms with van der Waals surface area (Å²) in [5.41, 5.74) is 36.0. The summed E-state index contributed by atoms with van der Waals surface area (Å²) in [5, 5.41) is 39.3. The van der Waals surface area contributed by atoms with E-state index in [0.717, 1.165) is 0 Å². The van der Waals surface area contributed by atoms with Crippen LogP contribution >= 0.6 is 12.6 Å². The van der Waals surface area contributed by atoms with Crippen molar-refractivity contribution >= 4 is 94.6 Å². The summed E-state index contributed by atoms with van der Waals surface area (Å²) in [6, 6.07) is 9.56. The Labute approximate surface area is 526 Å². The number of phenolic OH excluding ortho intramolecular Hbond substituents is 1. The number of hydrogen-bond donors (Lipinski definition) is 17. The molecular weight excluding hydrogens is 1180 g/mol. The van der Waals surface area contributed by atoms with Crippen molar-refractivity contribution in [3.8, 4) is 5.75 Å². The molecule has 1 fully saturated rings. The molecule has 1 aromatic heterocycles. The summed E-state index contributed by atoms with van der Waals surface area (Å²) < 4.78 is 0. The van der Waals surface area contributed by atoms with Crippen molar-refractivity contribution in [1.29, 1.82) is 0 Å². The average molecular weight is 1270 g/mol. The van der Waals surface area contributed by atoms with Crippen LogP contribution in [0.25, 0.3) is 10.9 Å². The summed E-state index contributed by atoms with van der Waals surface area (Å²) in [5.74, 6) is -9.82. The van der Waals surface area contributed by atoms with Gasteiger partial charge in [0.25, 0.3) is 0 Å². The standard InChI is InChI=1S/C60H85N17O12S/c1-3-33(2)49(76-55(85)46(32-90)75-53(83)43(28-35-19-21-37(78)22-20-35)72-50(80)39(61)15-9-25-67-59(63)64)57(87)77-27-11-18-47(77)56(86)73-44(30-36-31-69-40-16-8-7-14-38(36)40)54(84)71-42(23-24-48(62)79)52(82)70-41(17-10-26-68-60(65)66)51(81)74-45(58(88)89)29-34-12-5-4-6-13-34/h4-8,12-14,16,19-22,31,33,39,41-47,49,69,78,90H,3,9-11,15,17-18,23-30,32,61H2,1-2H3,(H2,62,79)(H,70,82)(H,71,84)(H,72,80)(H,73,86)(H,74,81)(H,75,83)(H,76,85)(H,88,89)(H4,63,64,67)(H4,65,66,68)/t33-,39-,41-,42-,43-,44-,45-,46-,47-,49-/m0/s1. The van der Waals surface area contributed by atoms with Gasteiger partial charge in [0.15, 0.2) is 11.9 Å². The molecule has 0 spiro atoms. The molecule has 1 aliphatic heterocycles. The SMILES string of the molecule is CC[C@H](C)[C@H](NC(=O)[C@H](CS)NC(=O)[C@H](Cc1ccc(O)cc1)NC(=O)[C@@H](N)CCCN=C(N)N)C(=O)N1CCC[C@H]1C(=O)N[C@@H](Cc1c[nH]c2ccccc12)C(=O)N[C@@H](CCC(N)=O)C(=O)N[C@@H](CCCN=C(N)N)C(=O)N[C@@H](Cc1ccccc1)C(=O)O. The largest absolute Gasteiger partial charge is 0.508 e. The summed E-state index contributed by atoms with van der Waals surface area (Å²) in [4.78, 5) is 151. The number of fused-ring (bicyclic) bond motifs is 1. The van der Waals surface area contributed by atoms with E-state index in [-0.39, 0.29) is 94.4 Å². The van der Waals surface area contributed by atoms with Crippen molar-refractivity contribution in [2.75, 3.05) is 25.4 Å². The lowest BCUT2D eigenvalue weighted by Gasteiger charge is -2.33. The topological polar surface area (TPSA) is 495 Å². The number of thiol groups is 1. The van der Waals surface area contributed by atoms with E-state index in [1.807, 2.05) is 0 Å².